The van der Waals surface area contributed by atoms with Gasteiger partial charge in [-0.05, 0) is 57.5 Å². The number of esters is 1. The molecule has 1 unspecified atom stereocenters. The Balaban J connectivity index is 2.02. The number of nitrogens with one attached hydrogen (secondary N) is 1. The molecule has 2 fully saturated rings. The van der Waals surface area contributed by atoms with Gasteiger partial charge in [-0.2, -0.15) is 0 Å². The lowest BCUT2D eigenvalue weighted by Crippen LogP contribution is -2.61. The molecule has 0 amide bonds. The summed E-state index contributed by atoms with van der Waals surface area (Å²) in [6, 6.07) is 0.521. The Bertz CT molecular complexity index is 337. The molecule has 2 aliphatic rings. The summed E-state index contributed by atoms with van der Waals surface area (Å²) >= 11 is 0. The Morgan fingerprint density at radius 1 is 1.35 bits per heavy atom. The molecule has 0 aromatic heterocycles. The van der Waals surface area contributed by atoms with Crippen molar-refractivity contribution in [2.24, 2.45) is 11.8 Å². The summed E-state index contributed by atoms with van der Waals surface area (Å²) < 4.78 is 5.14. The molecule has 4 heteroatoms. The molecule has 1 N–H and O–H groups in total. The number of likely N-dealkylation sites (N-methyl/N-ethyl adjacent to an activating group) is 1. The first-order chi connectivity index (χ1) is 9.48. The number of ether oxygens (including phenoxy) is 1. The highest BCUT2D eigenvalue weighted by atomic mass is 16.5. The molecule has 1 atom stereocenters. The van der Waals surface area contributed by atoms with Crippen LogP contribution in [0, 0.1) is 11.8 Å². The second kappa shape index (κ2) is 6.44. The van der Waals surface area contributed by atoms with Gasteiger partial charge in [0.15, 0.2) is 0 Å². The van der Waals surface area contributed by atoms with Gasteiger partial charge in [-0.25, -0.2) is 4.79 Å². The van der Waals surface area contributed by atoms with Gasteiger partial charge in [0.2, 0.25) is 0 Å². The summed E-state index contributed by atoms with van der Waals surface area (Å²) in [6.45, 7) is 6.29. The number of hydrogen-bond donors (Lipinski definition) is 1. The van der Waals surface area contributed by atoms with Crippen molar-refractivity contribution in [3.8, 4) is 0 Å². The average molecular weight is 282 g/mol. The molecule has 20 heavy (non-hydrogen) atoms. The van der Waals surface area contributed by atoms with E-state index in [1.165, 1.54) is 26.4 Å². The molecule has 0 aromatic carbocycles. The number of carbonyl (C=O) groups is 1. The Labute approximate surface area is 123 Å². The molecule has 0 spiro atoms. The van der Waals surface area contributed by atoms with Crippen molar-refractivity contribution in [3.05, 3.63) is 0 Å². The van der Waals surface area contributed by atoms with Crippen molar-refractivity contribution in [1.29, 1.82) is 0 Å². The number of nitrogens with zero attached hydrogens (tertiary/aromatic N) is 1. The minimum absolute atomic E-state index is 0.0664. The molecule has 4 nitrogen and oxygen atoms in total. The summed E-state index contributed by atoms with van der Waals surface area (Å²) in [5, 5.41) is 3.62. The highest BCUT2D eigenvalue weighted by molar-refractivity contribution is 5.82. The van der Waals surface area contributed by atoms with Crippen LogP contribution in [0.15, 0.2) is 0 Å². The lowest BCUT2D eigenvalue weighted by molar-refractivity contribution is -0.150. The molecule has 2 aliphatic carbocycles. The van der Waals surface area contributed by atoms with Gasteiger partial charge in [0.05, 0.1) is 7.11 Å². The first kappa shape index (κ1) is 15.8. The summed E-state index contributed by atoms with van der Waals surface area (Å²) in [5.74, 6) is 1.09. The largest absolute Gasteiger partial charge is 0.468 e. The van der Waals surface area contributed by atoms with E-state index in [1.54, 1.807) is 0 Å². The fourth-order valence-electron chi connectivity index (χ4n) is 2.92. The number of methoxy groups -OCH3 is 1. The van der Waals surface area contributed by atoms with E-state index in [0.29, 0.717) is 17.9 Å². The van der Waals surface area contributed by atoms with Crippen molar-refractivity contribution in [2.45, 2.75) is 57.5 Å². The van der Waals surface area contributed by atoms with E-state index >= 15 is 0 Å². The van der Waals surface area contributed by atoms with Gasteiger partial charge in [0, 0.05) is 12.6 Å². The second-order valence-electron chi connectivity index (χ2n) is 7.08. The van der Waals surface area contributed by atoms with Crippen LogP contribution in [0.2, 0.25) is 0 Å². The molecule has 0 saturated heterocycles. The van der Waals surface area contributed by atoms with Crippen LogP contribution in [0.1, 0.15) is 46.0 Å². The highest BCUT2D eigenvalue weighted by Gasteiger charge is 2.54. The van der Waals surface area contributed by atoms with Gasteiger partial charge in [-0.3, -0.25) is 5.32 Å². The molecule has 0 aromatic rings. The van der Waals surface area contributed by atoms with Crippen molar-refractivity contribution in [1.82, 2.24) is 10.2 Å². The first-order valence-corrected chi connectivity index (χ1v) is 8.02. The van der Waals surface area contributed by atoms with E-state index in [0.717, 1.165) is 25.9 Å². The third-order valence-electron chi connectivity index (χ3n) is 4.47. The highest BCUT2D eigenvalue weighted by Crippen LogP contribution is 2.42. The Kier molecular flexibility index (Phi) is 5.08. The van der Waals surface area contributed by atoms with Crippen LogP contribution in [-0.2, 0) is 9.53 Å². The average Bonchev–Trinajstić information content (AvgIpc) is 3.26. The van der Waals surface area contributed by atoms with Gasteiger partial charge in [-0.15, -0.1) is 0 Å². The summed E-state index contributed by atoms with van der Waals surface area (Å²) in [4.78, 5) is 14.7. The number of rotatable bonds is 9. The van der Waals surface area contributed by atoms with Crippen LogP contribution in [0.4, 0.5) is 0 Å². The SMILES string of the molecule is COC(=O)C(CN(C)CCC(C)C)(NC1CC1)C1CC1. The van der Waals surface area contributed by atoms with Gasteiger partial charge in [0.1, 0.15) is 5.54 Å². The topological polar surface area (TPSA) is 41.6 Å². The fourth-order valence-corrected chi connectivity index (χ4v) is 2.92. The van der Waals surface area contributed by atoms with Crippen LogP contribution in [-0.4, -0.2) is 49.7 Å². The minimum Gasteiger partial charge on any atom is -0.468 e. The standard InChI is InChI=1S/C16H30N2O2/c1-12(2)9-10-18(3)11-16(13-5-6-13,15(19)20-4)17-14-7-8-14/h12-14,17H,5-11H2,1-4H3. The zero-order chi connectivity index (χ0) is 14.8. The predicted molar refractivity (Wildman–Crippen MR) is 80.6 cm³/mol. The lowest BCUT2D eigenvalue weighted by atomic mass is 9.91. The Morgan fingerprint density at radius 2 is 2.00 bits per heavy atom. The van der Waals surface area contributed by atoms with Crippen LogP contribution < -0.4 is 5.32 Å². The van der Waals surface area contributed by atoms with Crippen molar-refractivity contribution < 1.29 is 9.53 Å². The minimum atomic E-state index is -0.471. The van der Waals surface area contributed by atoms with Crippen molar-refractivity contribution in [3.63, 3.8) is 0 Å². The van der Waals surface area contributed by atoms with E-state index in [-0.39, 0.29) is 5.97 Å². The summed E-state index contributed by atoms with van der Waals surface area (Å²) in [7, 11) is 3.64. The Hall–Kier alpha value is -0.610. The van der Waals surface area contributed by atoms with Crippen LogP contribution in [0.5, 0.6) is 0 Å². The molecular formula is C16H30N2O2. The summed E-state index contributed by atoms with van der Waals surface area (Å²) in [6.07, 6.45) is 5.85. The van der Waals surface area contributed by atoms with E-state index in [1.807, 2.05) is 0 Å². The second-order valence-corrected chi connectivity index (χ2v) is 7.08. The zero-order valence-electron chi connectivity index (χ0n) is 13.4. The molecule has 0 bridgehead atoms. The monoisotopic (exact) mass is 282 g/mol. The molecule has 0 radical (unpaired) electrons. The maximum atomic E-state index is 12.4. The zero-order valence-corrected chi connectivity index (χ0v) is 13.4. The van der Waals surface area contributed by atoms with Crippen LogP contribution >= 0.6 is 0 Å². The maximum absolute atomic E-state index is 12.4. The van der Waals surface area contributed by atoms with E-state index in [9.17, 15) is 4.79 Å². The first-order valence-electron chi connectivity index (χ1n) is 8.02. The molecule has 2 saturated carbocycles. The fraction of sp³-hybridized carbons (Fsp3) is 0.938. The van der Waals surface area contributed by atoms with Crippen molar-refractivity contribution >= 4 is 5.97 Å². The number of carbonyl (C=O) groups excluding carboxylic acids is 1. The molecule has 116 valence electrons. The van der Waals surface area contributed by atoms with Crippen molar-refractivity contribution in [2.75, 3.05) is 27.2 Å². The van der Waals surface area contributed by atoms with Gasteiger partial charge < -0.3 is 9.64 Å². The summed E-state index contributed by atoms with van der Waals surface area (Å²) in [5.41, 5.74) is -0.471. The van der Waals surface area contributed by atoms with Crippen LogP contribution in [0.25, 0.3) is 0 Å². The van der Waals surface area contributed by atoms with E-state index in [2.05, 4.69) is 31.1 Å². The molecular weight excluding hydrogens is 252 g/mol. The number of hydrogen-bond acceptors (Lipinski definition) is 4. The third-order valence-corrected chi connectivity index (χ3v) is 4.47. The third kappa shape index (κ3) is 3.95. The van der Waals surface area contributed by atoms with Crippen LogP contribution in [0.3, 0.4) is 0 Å². The van der Waals surface area contributed by atoms with E-state index < -0.39 is 5.54 Å². The van der Waals surface area contributed by atoms with Gasteiger partial charge in [-0.1, -0.05) is 13.8 Å². The maximum Gasteiger partial charge on any atom is 0.327 e. The lowest BCUT2D eigenvalue weighted by Gasteiger charge is -2.36. The van der Waals surface area contributed by atoms with E-state index in [4.69, 9.17) is 4.74 Å². The quantitative estimate of drug-likeness (QED) is 0.657. The normalized spacial score (nSPS) is 22.1. The van der Waals surface area contributed by atoms with Gasteiger partial charge in [0.25, 0.3) is 0 Å². The predicted octanol–water partition coefficient (Wildman–Crippen LogP) is 2.04. The molecule has 0 heterocycles. The molecule has 0 aliphatic heterocycles. The smallest absolute Gasteiger partial charge is 0.327 e. The Morgan fingerprint density at radius 3 is 2.45 bits per heavy atom. The molecule has 2 rings (SSSR count). The van der Waals surface area contributed by atoms with Gasteiger partial charge >= 0.3 is 5.97 Å².